The average molecular weight is 284 g/mol. The Balaban J connectivity index is 2.38. The highest BCUT2D eigenvalue weighted by Crippen LogP contribution is 2.57. The van der Waals surface area contributed by atoms with Gasteiger partial charge in [-0.05, 0) is 38.6 Å². The van der Waals surface area contributed by atoms with Gasteiger partial charge in [0.05, 0.1) is 6.61 Å². The maximum atomic E-state index is 9.59. The van der Waals surface area contributed by atoms with Crippen LogP contribution in [0.25, 0.3) is 0 Å². The van der Waals surface area contributed by atoms with Gasteiger partial charge in [0.1, 0.15) is 0 Å². The van der Waals surface area contributed by atoms with Gasteiger partial charge in [0, 0.05) is 15.9 Å². The number of aliphatic hydroxyl groups is 1. The summed E-state index contributed by atoms with van der Waals surface area (Å²) >= 11 is 3.61. The normalized spacial score (nSPS) is 19.8. The summed E-state index contributed by atoms with van der Waals surface area (Å²) in [4.78, 5) is 2.21. The summed E-state index contributed by atoms with van der Waals surface area (Å²) < 4.78 is 1.13. The van der Waals surface area contributed by atoms with Crippen LogP contribution >= 0.6 is 15.9 Å². The number of aliphatic hydroxyl groups excluding tert-OH is 1. The van der Waals surface area contributed by atoms with E-state index in [1.807, 2.05) is 6.07 Å². The molecule has 0 saturated heterocycles. The fourth-order valence-electron chi connectivity index (χ4n) is 2.53. The molecule has 0 amide bonds. The summed E-state index contributed by atoms with van der Waals surface area (Å²) in [6, 6.07) is 8.60. The summed E-state index contributed by atoms with van der Waals surface area (Å²) in [5.74, 6) is 0. The zero-order valence-electron chi connectivity index (χ0n) is 9.78. The van der Waals surface area contributed by atoms with Gasteiger partial charge in [-0.15, -0.1) is 0 Å². The molecule has 1 atom stereocenters. The molecular formula is C13H18BrNO. The molecule has 0 bridgehead atoms. The zero-order valence-corrected chi connectivity index (χ0v) is 11.4. The van der Waals surface area contributed by atoms with Crippen molar-refractivity contribution in [1.82, 2.24) is 4.90 Å². The van der Waals surface area contributed by atoms with Crippen LogP contribution < -0.4 is 0 Å². The van der Waals surface area contributed by atoms with Crippen molar-refractivity contribution in [3.05, 3.63) is 34.3 Å². The Hall–Kier alpha value is -0.380. The van der Waals surface area contributed by atoms with Crippen molar-refractivity contribution in [2.24, 2.45) is 5.41 Å². The van der Waals surface area contributed by atoms with Crippen LogP contribution in [0.15, 0.2) is 28.7 Å². The molecule has 1 unspecified atom stereocenters. The van der Waals surface area contributed by atoms with Crippen molar-refractivity contribution < 1.29 is 5.11 Å². The summed E-state index contributed by atoms with van der Waals surface area (Å²) in [6.45, 7) is 0.275. The lowest BCUT2D eigenvalue weighted by Gasteiger charge is -2.32. The van der Waals surface area contributed by atoms with Crippen molar-refractivity contribution in [3.63, 3.8) is 0 Å². The Morgan fingerprint density at radius 2 is 2.00 bits per heavy atom. The molecule has 2 nitrogen and oxygen atoms in total. The van der Waals surface area contributed by atoms with Crippen LogP contribution in [0.5, 0.6) is 0 Å². The number of rotatable bonds is 4. The van der Waals surface area contributed by atoms with Gasteiger partial charge in [-0.1, -0.05) is 34.1 Å². The van der Waals surface area contributed by atoms with E-state index in [1.54, 1.807) is 0 Å². The van der Waals surface area contributed by atoms with Gasteiger partial charge in [-0.25, -0.2) is 0 Å². The van der Waals surface area contributed by atoms with Crippen molar-refractivity contribution in [2.75, 3.05) is 20.7 Å². The first kappa shape index (κ1) is 12.1. The molecule has 1 saturated carbocycles. The van der Waals surface area contributed by atoms with E-state index in [0.717, 1.165) is 17.3 Å². The largest absolute Gasteiger partial charge is 0.396 e. The molecule has 88 valence electrons. The lowest BCUT2D eigenvalue weighted by molar-refractivity contribution is 0.115. The molecule has 1 aliphatic carbocycles. The Bertz CT molecular complexity index is 374. The van der Waals surface area contributed by atoms with Gasteiger partial charge in [0.15, 0.2) is 0 Å². The van der Waals surface area contributed by atoms with Crippen molar-refractivity contribution in [3.8, 4) is 0 Å². The molecule has 1 aromatic rings. The number of halogens is 1. The predicted octanol–water partition coefficient (Wildman–Crippen LogP) is 2.82. The van der Waals surface area contributed by atoms with Crippen LogP contribution in [0.2, 0.25) is 0 Å². The number of benzene rings is 1. The van der Waals surface area contributed by atoms with Crippen LogP contribution in [-0.2, 0) is 0 Å². The highest BCUT2D eigenvalue weighted by molar-refractivity contribution is 9.10. The molecule has 0 heterocycles. The summed E-state index contributed by atoms with van der Waals surface area (Å²) in [7, 11) is 4.17. The second-order valence-corrected chi connectivity index (χ2v) is 5.76. The minimum atomic E-state index is 0.0768. The quantitative estimate of drug-likeness (QED) is 0.919. The molecule has 16 heavy (non-hydrogen) atoms. The maximum Gasteiger partial charge on any atom is 0.0505 e. The lowest BCUT2D eigenvalue weighted by atomic mass is 9.90. The molecule has 1 N–H and O–H groups in total. The van der Waals surface area contributed by atoms with Crippen LogP contribution in [0.3, 0.4) is 0 Å². The Morgan fingerprint density at radius 3 is 2.44 bits per heavy atom. The summed E-state index contributed by atoms with van der Waals surface area (Å²) in [5, 5.41) is 9.59. The molecule has 2 rings (SSSR count). The summed E-state index contributed by atoms with van der Waals surface area (Å²) in [5.41, 5.74) is 1.35. The first-order chi connectivity index (χ1) is 7.60. The third kappa shape index (κ3) is 2.04. The van der Waals surface area contributed by atoms with E-state index >= 15 is 0 Å². The van der Waals surface area contributed by atoms with Gasteiger partial charge in [0.25, 0.3) is 0 Å². The van der Waals surface area contributed by atoms with Gasteiger partial charge in [-0.2, -0.15) is 0 Å². The molecule has 0 radical (unpaired) electrons. The molecule has 1 aliphatic rings. The fourth-order valence-corrected chi connectivity index (χ4v) is 3.03. The minimum absolute atomic E-state index is 0.0768. The standard InChI is InChI=1S/C13H18BrNO/c1-15(2)12(13(9-16)7-8-13)10-5-3-4-6-11(10)14/h3-6,12,16H,7-9H2,1-2H3. The lowest BCUT2D eigenvalue weighted by Crippen LogP contribution is -2.31. The average Bonchev–Trinajstić information content (AvgIpc) is 3.02. The van der Waals surface area contributed by atoms with E-state index in [-0.39, 0.29) is 12.0 Å². The van der Waals surface area contributed by atoms with E-state index in [2.05, 4.69) is 53.1 Å². The number of nitrogens with zero attached hydrogens (tertiary/aromatic N) is 1. The monoisotopic (exact) mass is 283 g/mol. The Morgan fingerprint density at radius 1 is 1.38 bits per heavy atom. The molecule has 1 aromatic carbocycles. The Labute approximate surface area is 105 Å². The third-order valence-corrected chi connectivity index (χ3v) is 4.23. The molecular weight excluding hydrogens is 266 g/mol. The van der Waals surface area contributed by atoms with Gasteiger partial charge < -0.3 is 10.0 Å². The highest BCUT2D eigenvalue weighted by Gasteiger charge is 2.50. The number of hydrogen-bond donors (Lipinski definition) is 1. The van der Waals surface area contributed by atoms with E-state index < -0.39 is 0 Å². The molecule has 0 aromatic heterocycles. The van der Waals surface area contributed by atoms with Crippen LogP contribution in [0.1, 0.15) is 24.4 Å². The maximum absolute atomic E-state index is 9.59. The Kier molecular flexibility index (Phi) is 3.38. The molecule has 3 heteroatoms. The molecule has 0 aliphatic heterocycles. The topological polar surface area (TPSA) is 23.5 Å². The summed E-state index contributed by atoms with van der Waals surface area (Å²) in [6.07, 6.45) is 2.24. The predicted molar refractivity (Wildman–Crippen MR) is 69.3 cm³/mol. The fraction of sp³-hybridized carbons (Fsp3) is 0.538. The van der Waals surface area contributed by atoms with Crippen LogP contribution in [-0.4, -0.2) is 30.7 Å². The van der Waals surface area contributed by atoms with Crippen molar-refractivity contribution in [1.29, 1.82) is 0 Å². The zero-order chi connectivity index (χ0) is 11.8. The van der Waals surface area contributed by atoms with Crippen LogP contribution in [0.4, 0.5) is 0 Å². The van der Waals surface area contributed by atoms with E-state index in [0.29, 0.717) is 6.04 Å². The second kappa shape index (κ2) is 4.47. The SMILES string of the molecule is CN(C)C(c1ccccc1Br)C1(CO)CC1. The van der Waals surface area contributed by atoms with E-state index in [4.69, 9.17) is 0 Å². The van der Waals surface area contributed by atoms with Gasteiger partial charge in [0.2, 0.25) is 0 Å². The van der Waals surface area contributed by atoms with Gasteiger partial charge in [-0.3, -0.25) is 0 Å². The van der Waals surface area contributed by atoms with Gasteiger partial charge >= 0.3 is 0 Å². The van der Waals surface area contributed by atoms with E-state index in [1.165, 1.54) is 5.56 Å². The smallest absolute Gasteiger partial charge is 0.0505 e. The third-order valence-electron chi connectivity index (χ3n) is 3.50. The minimum Gasteiger partial charge on any atom is -0.396 e. The first-order valence-electron chi connectivity index (χ1n) is 5.62. The molecule has 1 fully saturated rings. The van der Waals surface area contributed by atoms with Crippen molar-refractivity contribution >= 4 is 15.9 Å². The second-order valence-electron chi connectivity index (χ2n) is 4.91. The first-order valence-corrected chi connectivity index (χ1v) is 6.42. The van der Waals surface area contributed by atoms with E-state index in [9.17, 15) is 5.11 Å². The molecule has 0 spiro atoms. The van der Waals surface area contributed by atoms with Crippen molar-refractivity contribution in [2.45, 2.75) is 18.9 Å². The highest BCUT2D eigenvalue weighted by atomic mass is 79.9. The van der Waals surface area contributed by atoms with Crippen LogP contribution in [0, 0.1) is 5.41 Å². The number of hydrogen-bond acceptors (Lipinski definition) is 2.